The molecular formula is C10H16FN3. The number of hydrogen-bond acceptors (Lipinski definition) is 3. The molecule has 0 atom stereocenters. The van der Waals surface area contributed by atoms with E-state index in [0.717, 1.165) is 25.3 Å². The molecule has 4 heteroatoms. The molecule has 1 aromatic heterocycles. The highest BCUT2D eigenvalue weighted by atomic mass is 19.1. The predicted molar refractivity (Wildman–Crippen MR) is 55.8 cm³/mol. The first-order valence-electron chi connectivity index (χ1n) is 4.84. The highest BCUT2D eigenvalue weighted by molar-refractivity contribution is 5.37. The lowest BCUT2D eigenvalue weighted by atomic mass is 10.3. The number of nitrogens with two attached hydrogens (primary N) is 1. The van der Waals surface area contributed by atoms with Crippen LogP contribution in [0.5, 0.6) is 0 Å². The first-order chi connectivity index (χ1) is 6.77. The molecule has 0 aliphatic carbocycles. The molecule has 0 unspecified atom stereocenters. The number of halogens is 1. The summed E-state index contributed by atoms with van der Waals surface area (Å²) in [6, 6.07) is 3.10. The Morgan fingerprint density at radius 2 is 2.21 bits per heavy atom. The van der Waals surface area contributed by atoms with Crippen molar-refractivity contribution in [3.63, 3.8) is 0 Å². The van der Waals surface area contributed by atoms with Gasteiger partial charge in [-0.1, -0.05) is 6.92 Å². The van der Waals surface area contributed by atoms with Gasteiger partial charge in [0.25, 0.3) is 0 Å². The van der Waals surface area contributed by atoms with Crippen LogP contribution in [0.3, 0.4) is 0 Å². The van der Waals surface area contributed by atoms with Crippen LogP contribution in [0.15, 0.2) is 18.3 Å². The zero-order valence-electron chi connectivity index (χ0n) is 8.41. The van der Waals surface area contributed by atoms with E-state index in [2.05, 4.69) is 16.8 Å². The number of nitrogens with zero attached hydrogens (tertiary/aromatic N) is 2. The van der Waals surface area contributed by atoms with E-state index in [1.165, 1.54) is 12.3 Å². The smallest absolute Gasteiger partial charge is 0.141 e. The van der Waals surface area contributed by atoms with Crippen LogP contribution in [-0.2, 0) is 0 Å². The first kappa shape index (κ1) is 10.9. The molecule has 0 bridgehead atoms. The van der Waals surface area contributed by atoms with Gasteiger partial charge in [0.2, 0.25) is 0 Å². The Balaban J connectivity index is 2.71. The largest absolute Gasteiger partial charge is 0.355 e. The second kappa shape index (κ2) is 5.54. The Hall–Kier alpha value is -1.16. The molecule has 1 aromatic rings. The van der Waals surface area contributed by atoms with Gasteiger partial charge in [0.05, 0.1) is 6.20 Å². The van der Waals surface area contributed by atoms with Crippen molar-refractivity contribution in [3.8, 4) is 0 Å². The summed E-state index contributed by atoms with van der Waals surface area (Å²) < 4.78 is 12.6. The molecule has 0 fully saturated rings. The molecule has 0 spiro atoms. The van der Waals surface area contributed by atoms with Crippen LogP contribution in [0, 0.1) is 5.82 Å². The Morgan fingerprint density at radius 3 is 2.71 bits per heavy atom. The monoisotopic (exact) mass is 197 g/mol. The highest BCUT2D eigenvalue weighted by Gasteiger charge is 2.05. The lowest BCUT2D eigenvalue weighted by Crippen LogP contribution is -2.30. The van der Waals surface area contributed by atoms with Crippen LogP contribution in [0.2, 0.25) is 0 Å². The van der Waals surface area contributed by atoms with Gasteiger partial charge in [0, 0.05) is 19.6 Å². The minimum Gasteiger partial charge on any atom is -0.355 e. The molecular weight excluding hydrogens is 181 g/mol. The number of hydrogen-bond donors (Lipinski definition) is 1. The number of pyridine rings is 1. The van der Waals surface area contributed by atoms with Gasteiger partial charge in [-0.25, -0.2) is 9.37 Å². The molecule has 3 nitrogen and oxygen atoms in total. The molecule has 0 aromatic carbocycles. The third kappa shape index (κ3) is 2.96. The number of anilines is 1. The van der Waals surface area contributed by atoms with Crippen molar-refractivity contribution in [3.05, 3.63) is 24.1 Å². The van der Waals surface area contributed by atoms with Gasteiger partial charge in [-0.15, -0.1) is 0 Å². The maximum atomic E-state index is 12.6. The highest BCUT2D eigenvalue weighted by Crippen LogP contribution is 2.10. The van der Waals surface area contributed by atoms with Crippen molar-refractivity contribution < 1.29 is 4.39 Å². The topological polar surface area (TPSA) is 42.1 Å². The van der Waals surface area contributed by atoms with E-state index in [1.54, 1.807) is 6.07 Å². The zero-order valence-corrected chi connectivity index (χ0v) is 8.41. The fourth-order valence-electron chi connectivity index (χ4n) is 1.32. The van der Waals surface area contributed by atoms with Gasteiger partial charge < -0.3 is 10.6 Å². The van der Waals surface area contributed by atoms with Crippen LogP contribution >= 0.6 is 0 Å². The summed E-state index contributed by atoms with van der Waals surface area (Å²) in [6.45, 7) is 4.33. The average Bonchev–Trinajstić information content (AvgIpc) is 2.19. The van der Waals surface area contributed by atoms with Crippen LogP contribution in [-0.4, -0.2) is 24.6 Å². The minimum atomic E-state index is -0.307. The van der Waals surface area contributed by atoms with E-state index < -0.39 is 0 Å². The SMILES string of the molecule is CCCN(CCN)c1ccc(F)cn1. The van der Waals surface area contributed by atoms with Crippen LogP contribution in [0.4, 0.5) is 10.2 Å². The standard InChI is InChI=1S/C10H16FN3/c1-2-6-14(7-5-12)10-4-3-9(11)8-13-10/h3-4,8H,2,5-7,12H2,1H3. The van der Waals surface area contributed by atoms with Crippen molar-refractivity contribution in [1.82, 2.24) is 4.98 Å². The van der Waals surface area contributed by atoms with E-state index >= 15 is 0 Å². The Labute approximate surface area is 83.7 Å². The van der Waals surface area contributed by atoms with Gasteiger partial charge in [0.1, 0.15) is 11.6 Å². The average molecular weight is 197 g/mol. The molecule has 0 saturated carbocycles. The van der Waals surface area contributed by atoms with Crippen molar-refractivity contribution >= 4 is 5.82 Å². The molecule has 0 amide bonds. The van der Waals surface area contributed by atoms with Gasteiger partial charge >= 0.3 is 0 Å². The first-order valence-corrected chi connectivity index (χ1v) is 4.84. The van der Waals surface area contributed by atoms with Gasteiger partial charge in [-0.2, -0.15) is 0 Å². The summed E-state index contributed by atoms with van der Waals surface area (Å²) in [5.41, 5.74) is 5.48. The molecule has 1 heterocycles. The number of aromatic nitrogens is 1. The lowest BCUT2D eigenvalue weighted by molar-refractivity contribution is 0.619. The van der Waals surface area contributed by atoms with Crippen molar-refractivity contribution in [2.45, 2.75) is 13.3 Å². The Kier molecular flexibility index (Phi) is 4.32. The van der Waals surface area contributed by atoms with Crippen molar-refractivity contribution in [1.29, 1.82) is 0 Å². The minimum absolute atomic E-state index is 0.307. The molecule has 78 valence electrons. The van der Waals surface area contributed by atoms with Crippen molar-refractivity contribution in [2.24, 2.45) is 5.73 Å². The van der Waals surface area contributed by atoms with Gasteiger partial charge in [-0.05, 0) is 18.6 Å². The van der Waals surface area contributed by atoms with E-state index in [0.29, 0.717) is 6.54 Å². The molecule has 1 rings (SSSR count). The Morgan fingerprint density at radius 1 is 1.43 bits per heavy atom. The lowest BCUT2D eigenvalue weighted by Gasteiger charge is -2.21. The second-order valence-corrected chi connectivity index (χ2v) is 3.11. The summed E-state index contributed by atoms with van der Waals surface area (Å²) in [4.78, 5) is 6.07. The van der Waals surface area contributed by atoms with E-state index in [9.17, 15) is 4.39 Å². The quantitative estimate of drug-likeness (QED) is 0.775. The van der Waals surface area contributed by atoms with E-state index in [1.807, 2.05) is 0 Å². The molecule has 14 heavy (non-hydrogen) atoms. The summed E-state index contributed by atoms with van der Waals surface area (Å²) in [6.07, 6.45) is 2.26. The fourth-order valence-corrected chi connectivity index (χ4v) is 1.32. The number of rotatable bonds is 5. The second-order valence-electron chi connectivity index (χ2n) is 3.11. The van der Waals surface area contributed by atoms with E-state index in [-0.39, 0.29) is 5.82 Å². The maximum Gasteiger partial charge on any atom is 0.141 e. The summed E-state index contributed by atoms with van der Waals surface area (Å²) in [5, 5.41) is 0. The van der Waals surface area contributed by atoms with Crippen LogP contribution in [0.1, 0.15) is 13.3 Å². The summed E-state index contributed by atoms with van der Waals surface area (Å²) in [5.74, 6) is 0.483. The van der Waals surface area contributed by atoms with Crippen molar-refractivity contribution in [2.75, 3.05) is 24.5 Å². The molecule has 0 saturated heterocycles. The third-order valence-electron chi connectivity index (χ3n) is 1.93. The normalized spacial score (nSPS) is 10.2. The third-order valence-corrected chi connectivity index (χ3v) is 1.93. The summed E-state index contributed by atoms with van der Waals surface area (Å²) >= 11 is 0. The van der Waals surface area contributed by atoms with Gasteiger partial charge in [0.15, 0.2) is 0 Å². The summed E-state index contributed by atoms with van der Waals surface area (Å²) in [7, 11) is 0. The van der Waals surface area contributed by atoms with Crippen LogP contribution < -0.4 is 10.6 Å². The molecule has 0 radical (unpaired) electrons. The van der Waals surface area contributed by atoms with Crippen LogP contribution in [0.25, 0.3) is 0 Å². The zero-order chi connectivity index (χ0) is 10.4. The molecule has 2 N–H and O–H groups in total. The fraction of sp³-hybridized carbons (Fsp3) is 0.500. The molecule has 0 aliphatic rings. The van der Waals surface area contributed by atoms with Gasteiger partial charge in [-0.3, -0.25) is 0 Å². The Bertz CT molecular complexity index is 255. The maximum absolute atomic E-state index is 12.6. The predicted octanol–water partition coefficient (Wildman–Crippen LogP) is 1.40. The molecule has 0 aliphatic heterocycles. The van der Waals surface area contributed by atoms with E-state index in [4.69, 9.17) is 5.73 Å².